The summed E-state index contributed by atoms with van der Waals surface area (Å²) in [6, 6.07) is 13.9. The molecule has 36 heavy (non-hydrogen) atoms. The average Bonchev–Trinajstić information content (AvgIpc) is 2.90. The van der Waals surface area contributed by atoms with Gasteiger partial charge in [0.2, 0.25) is 5.91 Å². The van der Waals surface area contributed by atoms with E-state index in [1.54, 1.807) is 6.07 Å². The van der Waals surface area contributed by atoms with Gasteiger partial charge in [0.25, 0.3) is 0 Å². The van der Waals surface area contributed by atoms with Crippen molar-refractivity contribution in [2.75, 3.05) is 68.8 Å². The summed E-state index contributed by atoms with van der Waals surface area (Å²) < 4.78 is 45.7. The lowest BCUT2D eigenvalue weighted by atomic mass is 9.82. The highest BCUT2D eigenvalue weighted by molar-refractivity contribution is 5.82. The van der Waals surface area contributed by atoms with Crippen molar-refractivity contribution >= 4 is 17.3 Å². The van der Waals surface area contributed by atoms with Crippen LogP contribution < -0.4 is 15.1 Å². The minimum absolute atomic E-state index is 0.0787. The van der Waals surface area contributed by atoms with Gasteiger partial charge in [-0.05, 0) is 55.3 Å². The molecule has 1 N–H and O–H groups in total. The number of morpholine rings is 1. The number of hydrogen-bond acceptors (Lipinski definition) is 5. The van der Waals surface area contributed by atoms with Gasteiger partial charge in [-0.25, -0.2) is 0 Å². The summed E-state index contributed by atoms with van der Waals surface area (Å²) in [7, 11) is 0. The third kappa shape index (κ3) is 5.47. The van der Waals surface area contributed by atoms with Crippen molar-refractivity contribution in [3.8, 4) is 0 Å². The number of nitrogens with one attached hydrogen (secondary N) is 1. The van der Waals surface area contributed by atoms with Gasteiger partial charge < -0.3 is 19.9 Å². The minimum atomic E-state index is -4.41. The van der Waals surface area contributed by atoms with Gasteiger partial charge in [-0.2, -0.15) is 13.2 Å². The second-order valence-electron chi connectivity index (χ2n) is 9.79. The van der Waals surface area contributed by atoms with E-state index in [4.69, 9.17) is 4.74 Å². The molecule has 0 unspecified atom stereocenters. The maximum Gasteiger partial charge on any atom is 0.416 e. The smallest absolute Gasteiger partial charge is 0.379 e. The number of halogens is 3. The molecule has 5 rings (SSSR count). The normalized spacial score (nSPS) is 22.6. The first kappa shape index (κ1) is 24.9. The number of benzene rings is 2. The van der Waals surface area contributed by atoms with E-state index in [9.17, 15) is 18.0 Å². The average molecular weight is 503 g/mol. The largest absolute Gasteiger partial charge is 0.416 e. The summed E-state index contributed by atoms with van der Waals surface area (Å²) in [5.74, 6) is -0.499. The number of amides is 1. The summed E-state index contributed by atoms with van der Waals surface area (Å²) in [6.45, 7) is 6.78. The Morgan fingerprint density at radius 2 is 1.81 bits per heavy atom. The van der Waals surface area contributed by atoms with Crippen molar-refractivity contribution in [3.05, 3.63) is 59.7 Å². The number of alkyl halides is 3. The number of rotatable bonds is 6. The van der Waals surface area contributed by atoms with Crippen LogP contribution in [0.5, 0.6) is 0 Å². The van der Waals surface area contributed by atoms with E-state index in [1.165, 1.54) is 6.07 Å². The lowest BCUT2D eigenvalue weighted by Gasteiger charge is -2.49. The molecular weight excluding hydrogens is 469 g/mol. The molecule has 2 saturated heterocycles. The Morgan fingerprint density at radius 1 is 1.03 bits per heavy atom. The van der Waals surface area contributed by atoms with Crippen molar-refractivity contribution in [2.24, 2.45) is 5.92 Å². The molecule has 194 valence electrons. The third-order valence-electron chi connectivity index (χ3n) is 7.55. The summed E-state index contributed by atoms with van der Waals surface area (Å²) in [4.78, 5) is 20.2. The molecular formula is C27H33F3N4O2. The Hall–Kier alpha value is -2.78. The van der Waals surface area contributed by atoms with Gasteiger partial charge >= 0.3 is 6.18 Å². The van der Waals surface area contributed by atoms with Crippen molar-refractivity contribution in [2.45, 2.75) is 25.1 Å². The van der Waals surface area contributed by atoms with E-state index < -0.39 is 17.7 Å². The van der Waals surface area contributed by atoms with Crippen LogP contribution >= 0.6 is 0 Å². The van der Waals surface area contributed by atoms with Gasteiger partial charge in [-0.1, -0.05) is 18.2 Å². The standard InChI is InChI=1S/C27H33F3N4O2/c28-27(29,30)21-7-8-24-20(17-21)18-23(26(35)31-9-4-10-32-13-15-36-16-14-32)25-19-33(11-12-34(24)25)22-5-2-1-3-6-22/h1-3,5-8,17,23,25H,4,9-16,18-19H2,(H,31,35)/t23-,25+/m1/s1. The Labute approximate surface area is 210 Å². The third-order valence-corrected chi connectivity index (χ3v) is 7.55. The van der Waals surface area contributed by atoms with Crippen LogP contribution in [-0.2, 0) is 22.1 Å². The Bertz CT molecular complexity index is 1040. The number of fused-ring (bicyclic) bond motifs is 3. The monoisotopic (exact) mass is 502 g/mol. The lowest BCUT2D eigenvalue weighted by molar-refractivity contribution is -0.137. The van der Waals surface area contributed by atoms with Crippen LogP contribution in [0.25, 0.3) is 0 Å². The molecule has 0 spiro atoms. The Morgan fingerprint density at radius 3 is 2.56 bits per heavy atom. The highest BCUT2D eigenvalue weighted by atomic mass is 19.4. The zero-order valence-electron chi connectivity index (χ0n) is 20.3. The summed E-state index contributed by atoms with van der Waals surface area (Å²) >= 11 is 0. The Kier molecular flexibility index (Phi) is 7.39. The number of anilines is 2. The molecule has 0 saturated carbocycles. The number of carbonyl (C=O) groups excluding carboxylic acids is 1. The van der Waals surface area contributed by atoms with E-state index in [0.717, 1.165) is 63.3 Å². The molecule has 0 aliphatic carbocycles. The molecule has 0 radical (unpaired) electrons. The number of carbonyl (C=O) groups is 1. The predicted molar refractivity (Wildman–Crippen MR) is 133 cm³/mol. The van der Waals surface area contributed by atoms with E-state index in [2.05, 4.69) is 32.1 Å². The van der Waals surface area contributed by atoms with E-state index in [1.807, 2.05) is 18.2 Å². The second-order valence-corrected chi connectivity index (χ2v) is 9.79. The molecule has 2 fully saturated rings. The maximum absolute atomic E-state index is 13.4. The second kappa shape index (κ2) is 10.7. The van der Waals surface area contributed by atoms with Crippen LogP contribution in [0.2, 0.25) is 0 Å². The van der Waals surface area contributed by atoms with Crippen molar-refractivity contribution < 1.29 is 22.7 Å². The molecule has 2 atom stereocenters. The highest BCUT2D eigenvalue weighted by Gasteiger charge is 2.42. The quantitative estimate of drug-likeness (QED) is 0.614. The molecule has 2 aromatic carbocycles. The molecule has 0 aromatic heterocycles. The van der Waals surface area contributed by atoms with Gasteiger partial charge in [0.15, 0.2) is 0 Å². The number of ether oxygens (including phenoxy) is 1. The van der Waals surface area contributed by atoms with Crippen LogP contribution in [0.1, 0.15) is 17.5 Å². The van der Waals surface area contributed by atoms with Gasteiger partial charge in [-0.15, -0.1) is 0 Å². The summed E-state index contributed by atoms with van der Waals surface area (Å²) in [6.07, 6.45) is -3.27. The number of piperazine rings is 1. The molecule has 3 aliphatic heterocycles. The SMILES string of the molecule is O=C(NCCCN1CCOCC1)[C@@H]1Cc2cc(C(F)(F)F)ccc2N2CCN(c3ccccc3)C[C@@H]12. The molecule has 3 heterocycles. The van der Waals surface area contributed by atoms with Gasteiger partial charge in [0, 0.05) is 50.6 Å². The zero-order chi connectivity index (χ0) is 25.1. The van der Waals surface area contributed by atoms with Crippen molar-refractivity contribution in [1.29, 1.82) is 0 Å². The zero-order valence-corrected chi connectivity index (χ0v) is 20.3. The molecule has 0 bridgehead atoms. The fraction of sp³-hybridized carbons (Fsp3) is 0.519. The van der Waals surface area contributed by atoms with Crippen molar-refractivity contribution in [1.82, 2.24) is 10.2 Å². The minimum Gasteiger partial charge on any atom is -0.379 e. The van der Waals surface area contributed by atoms with Crippen LogP contribution in [0, 0.1) is 5.92 Å². The fourth-order valence-electron chi connectivity index (χ4n) is 5.64. The van der Waals surface area contributed by atoms with Crippen LogP contribution in [0.3, 0.4) is 0 Å². The van der Waals surface area contributed by atoms with Crippen LogP contribution in [-0.4, -0.2) is 75.9 Å². The molecule has 9 heteroatoms. The van der Waals surface area contributed by atoms with Crippen molar-refractivity contribution in [3.63, 3.8) is 0 Å². The molecule has 3 aliphatic rings. The maximum atomic E-state index is 13.4. The van der Waals surface area contributed by atoms with Gasteiger partial charge in [0.1, 0.15) is 0 Å². The lowest BCUT2D eigenvalue weighted by Crippen LogP contribution is -2.61. The van der Waals surface area contributed by atoms with E-state index in [0.29, 0.717) is 31.6 Å². The molecule has 6 nitrogen and oxygen atoms in total. The summed E-state index contributed by atoms with van der Waals surface area (Å²) in [5.41, 5.74) is 1.85. The summed E-state index contributed by atoms with van der Waals surface area (Å²) in [5, 5.41) is 3.09. The molecule has 2 aromatic rings. The van der Waals surface area contributed by atoms with E-state index >= 15 is 0 Å². The van der Waals surface area contributed by atoms with Crippen LogP contribution in [0.15, 0.2) is 48.5 Å². The highest BCUT2D eigenvalue weighted by Crippen LogP contribution is 2.40. The van der Waals surface area contributed by atoms with E-state index in [-0.39, 0.29) is 11.9 Å². The number of nitrogens with zero attached hydrogens (tertiary/aromatic N) is 3. The van der Waals surface area contributed by atoms with Gasteiger partial charge in [0.05, 0.1) is 30.7 Å². The predicted octanol–water partition coefficient (Wildman–Crippen LogP) is 3.41. The first-order valence-corrected chi connectivity index (χ1v) is 12.7. The molecule has 1 amide bonds. The number of para-hydroxylation sites is 1. The Balaban J connectivity index is 1.32. The van der Waals surface area contributed by atoms with Crippen LogP contribution in [0.4, 0.5) is 24.5 Å². The van der Waals surface area contributed by atoms with Gasteiger partial charge in [-0.3, -0.25) is 9.69 Å². The first-order valence-electron chi connectivity index (χ1n) is 12.7. The fourth-order valence-corrected chi connectivity index (χ4v) is 5.64. The topological polar surface area (TPSA) is 48.1 Å². The number of hydrogen-bond donors (Lipinski definition) is 1. The first-order chi connectivity index (χ1) is 17.4.